The molecule has 0 bridgehead atoms. The molecule has 0 amide bonds. The lowest BCUT2D eigenvalue weighted by Crippen LogP contribution is -2.40. The fourth-order valence-electron chi connectivity index (χ4n) is 2.42. The number of hydrogen-bond donors (Lipinski definition) is 2. The number of rotatable bonds is 4. The molecule has 0 radical (unpaired) electrons. The lowest BCUT2D eigenvalue weighted by Gasteiger charge is -2.32. The Bertz CT molecular complexity index is 493. The Kier molecular flexibility index (Phi) is 5.09. The zero-order valence-corrected chi connectivity index (χ0v) is 12.3. The maximum absolute atomic E-state index is 8.81. The molecular formula is C14H20ClN3O2. The molecule has 0 aromatic heterocycles. The van der Waals surface area contributed by atoms with Crippen molar-refractivity contribution in [2.75, 3.05) is 20.2 Å². The van der Waals surface area contributed by atoms with Gasteiger partial charge in [-0.1, -0.05) is 23.2 Å². The van der Waals surface area contributed by atoms with Crippen LogP contribution in [0.25, 0.3) is 0 Å². The lowest BCUT2D eigenvalue weighted by atomic mass is 10.0. The second-order valence-electron chi connectivity index (χ2n) is 5.07. The molecule has 0 aliphatic carbocycles. The van der Waals surface area contributed by atoms with Crippen LogP contribution in [0.3, 0.4) is 0 Å². The van der Waals surface area contributed by atoms with E-state index in [1.165, 1.54) is 12.8 Å². The molecule has 1 fully saturated rings. The summed E-state index contributed by atoms with van der Waals surface area (Å²) < 4.78 is 5.85. The normalized spacial score (nSPS) is 20.9. The summed E-state index contributed by atoms with van der Waals surface area (Å²) in [4.78, 5) is 2.30. The summed E-state index contributed by atoms with van der Waals surface area (Å²) in [7, 11) is 2.11. The van der Waals surface area contributed by atoms with Crippen molar-refractivity contribution in [1.29, 1.82) is 0 Å². The molecule has 110 valence electrons. The number of oxime groups is 1. The van der Waals surface area contributed by atoms with Gasteiger partial charge in [-0.15, -0.1) is 0 Å². The molecule has 1 atom stereocenters. The van der Waals surface area contributed by atoms with Crippen LogP contribution in [0.5, 0.6) is 5.75 Å². The molecule has 3 N–H and O–H groups in total. The number of likely N-dealkylation sites (tertiary alicyclic amines) is 1. The molecule has 1 heterocycles. The van der Waals surface area contributed by atoms with Gasteiger partial charge in [0.2, 0.25) is 0 Å². The number of benzene rings is 1. The zero-order valence-electron chi connectivity index (χ0n) is 11.6. The van der Waals surface area contributed by atoms with Gasteiger partial charge in [0.25, 0.3) is 0 Å². The molecule has 6 heteroatoms. The van der Waals surface area contributed by atoms with Gasteiger partial charge in [-0.3, -0.25) is 0 Å². The Hall–Kier alpha value is -1.46. The molecule has 1 saturated heterocycles. The van der Waals surface area contributed by atoms with Crippen LogP contribution >= 0.6 is 11.6 Å². The number of amidine groups is 1. The van der Waals surface area contributed by atoms with Crippen LogP contribution in [0.15, 0.2) is 23.4 Å². The summed E-state index contributed by atoms with van der Waals surface area (Å²) in [5, 5.41) is 12.4. The van der Waals surface area contributed by atoms with Gasteiger partial charge in [0, 0.05) is 11.1 Å². The third-order valence-electron chi connectivity index (χ3n) is 3.68. The van der Waals surface area contributed by atoms with Gasteiger partial charge < -0.3 is 20.6 Å². The molecule has 2 rings (SSSR count). The molecule has 0 saturated carbocycles. The fourth-order valence-corrected chi connectivity index (χ4v) is 2.58. The van der Waals surface area contributed by atoms with Crippen molar-refractivity contribution in [2.24, 2.45) is 10.9 Å². The zero-order chi connectivity index (χ0) is 14.5. The molecule has 1 aromatic rings. The summed E-state index contributed by atoms with van der Waals surface area (Å²) in [5.74, 6) is 0.570. The van der Waals surface area contributed by atoms with Crippen molar-refractivity contribution in [3.05, 3.63) is 28.8 Å². The average molecular weight is 298 g/mol. The number of halogens is 1. The summed E-state index contributed by atoms with van der Waals surface area (Å²) in [6.07, 6.45) is 3.58. The highest BCUT2D eigenvalue weighted by Crippen LogP contribution is 2.25. The molecule has 1 aromatic carbocycles. The first kappa shape index (κ1) is 14.9. The number of nitrogens with zero attached hydrogens (tertiary/aromatic N) is 2. The summed E-state index contributed by atoms with van der Waals surface area (Å²) in [5.41, 5.74) is 6.20. The van der Waals surface area contributed by atoms with Gasteiger partial charge in [0.15, 0.2) is 5.84 Å². The highest BCUT2D eigenvalue weighted by molar-refractivity contribution is 6.30. The van der Waals surface area contributed by atoms with Gasteiger partial charge in [0.1, 0.15) is 12.4 Å². The van der Waals surface area contributed by atoms with Crippen molar-refractivity contribution in [2.45, 2.75) is 25.3 Å². The Balaban J connectivity index is 2.10. The first-order chi connectivity index (χ1) is 9.61. The monoisotopic (exact) mass is 297 g/mol. The van der Waals surface area contributed by atoms with Crippen molar-refractivity contribution in [1.82, 2.24) is 4.90 Å². The van der Waals surface area contributed by atoms with E-state index in [-0.39, 0.29) is 5.84 Å². The van der Waals surface area contributed by atoms with Crippen LogP contribution in [0.1, 0.15) is 24.8 Å². The second kappa shape index (κ2) is 6.81. The van der Waals surface area contributed by atoms with E-state index in [9.17, 15) is 0 Å². The Morgan fingerprint density at radius 2 is 2.35 bits per heavy atom. The third kappa shape index (κ3) is 3.55. The van der Waals surface area contributed by atoms with Crippen LogP contribution in [-0.2, 0) is 0 Å². The predicted octanol–water partition coefficient (Wildman–Crippen LogP) is 2.30. The predicted molar refractivity (Wildman–Crippen MR) is 79.7 cm³/mol. The van der Waals surface area contributed by atoms with Crippen LogP contribution < -0.4 is 10.5 Å². The average Bonchev–Trinajstić information content (AvgIpc) is 2.46. The molecule has 1 aliphatic rings. The maximum atomic E-state index is 8.81. The summed E-state index contributed by atoms with van der Waals surface area (Å²) >= 11 is 5.98. The summed E-state index contributed by atoms with van der Waals surface area (Å²) in [6, 6.07) is 5.46. The highest BCUT2D eigenvalue weighted by Gasteiger charge is 2.20. The van der Waals surface area contributed by atoms with Crippen LogP contribution in [0.4, 0.5) is 0 Å². The lowest BCUT2D eigenvalue weighted by molar-refractivity contribution is 0.125. The molecule has 20 heavy (non-hydrogen) atoms. The van der Waals surface area contributed by atoms with Crippen molar-refractivity contribution in [3.8, 4) is 5.75 Å². The quantitative estimate of drug-likeness (QED) is 0.387. The number of nitrogens with two attached hydrogens (primary N) is 1. The standard InChI is InChI=1S/C14H20ClN3O2/c1-18-7-3-2-4-11(18)9-20-13-8-10(15)5-6-12(13)14(16)17-19/h5-6,8,11,19H,2-4,7,9H2,1H3,(H2,16,17). The van der Waals surface area contributed by atoms with E-state index in [0.717, 1.165) is 13.0 Å². The molecule has 0 spiro atoms. The van der Waals surface area contributed by atoms with E-state index in [0.29, 0.717) is 29.0 Å². The highest BCUT2D eigenvalue weighted by atomic mass is 35.5. The number of likely N-dealkylation sites (N-methyl/N-ethyl adjacent to an activating group) is 1. The second-order valence-corrected chi connectivity index (χ2v) is 5.50. The number of piperidine rings is 1. The largest absolute Gasteiger partial charge is 0.491 e. The van der Waals surface area contributed by atoms with Crippen LogP contribution in [-0.4, -0.2) is 42.2 Å². The minimum Gasteiger partial charge on any atom is -0.491 e. The van der Waals surface area contributed by atoms with Crippen molar-refractivity contribution >= 4 is 17.4 Å². The summed E-state index contributed by atoms with van der Waals surface area (Å²) in [6.45, 7) is 1.67. The van der Waals surface area contributed by atoms with Crippen LogP contribution in [0.2, 0.25) is 5.02 Å². The van der Waals surface area contributed by atoms with Crippen molar-refractivity contribution < 1.29 is 9.94 Å². The van der Waals surface area contributed by atoms with Gasteiger partial charge in [-0.2, -0.15) is 0 Å². The van der Waals surface area contributed by atoms with Gasteiger partial charge >= 0.3 is 0 Å². The van der Waals surface area contributed by atoms with E-state index in [1.54, 1.807) is 18.2 Å². The topological polar surface area (TPSA) is 71.1 Å². The first-order valence-electron chi connectivity index (χ1n) is 6.72. The molecule has 1 unspecified atom stereocenters. The fraction of sp³-hybridized carbons (Fsp3) is 0.500. The van der Waals surface area contributed by atoms with E-state index < -0.39 is 0 Å². The Labute approximate surface area is 124 Å². The third-order valence-corrected chi connectivity index (χ3v) is 3.92. The van der Waals surface area contributed by atoms with E-state index in [4.69, 9.17) is 27.3 Å². The minimum atomic E-state index is 0.0219. The minimum absolute atomic E-state index is 0.0219. The number of ether oxygens (including phenoxy) is 1. The van der Waals surface area contributed by atoms with E-state index >= 15 is 0 Å². The van der Waals surface area contributed by atoms with Gasteiger partial charge in [-0.25, -0.2) is 0 Å². The van der Waals surface area contributed by atoms with E-state index in [2.05, 4.69) is 17.1 Å². The van der Waals surface area contributed by atoms with Crippen LogP contribution in [0, 0.1) is 0 Å². The van der Waals surface area contributed by atoms with E-state index in [1.807, 2.05) is 0 Å². The number of hydrogen-bond acceptors (Lipinski definition) is 4. The molecule has 5 nitrogen and oxygen atoms in total. The van der Waals surface area contributed by atoms with Gasteiger partial charge in [-0.05, 0) is 44.6 Å². The maximum Gasteiger partial charge on any atom is 0.173 e. The molecule has 1 aliphatic heterocycles. The SMILES string of the molecule is CN1CCCCC1COc1cc(Cl)ccc1C(N)=NO. The first-order valence-corrected chi connectivity index (χ1v) is 7.10. The Morgan fingerprint density at radius 3 is 3.05 bits per heavy atom. The van der Waals surface area contributed by atoms with Crippen molar-refractivity contribution in [3.63, 3.8) is 0 Å². The molecular weight excluding hydrogens is 278 g/mol. The van der Waals surface area contributed by atoms with Gasteiger partial charge in [0.05, 0.1) is 5.56 Å². The Morgan fingerprint density at radius 1 is 1.55 bits per heavy atom. The smallest absolute Gasteiger partial charge is 0.173 e.